The van der Waals surface area contributed by atoms with E-state index in [1.807, 2.05) is 0 Å². The highest BCUT2D eigenvalue weighted by molar-refractivity contribution is 7.91. The van der Waals surface area contributed by atoms with Gasteiger partial charge >= 0.3 is 12.2 Å². The van der Waals surface area contributed by atoms with Gasteiger partial charge in [-0.3, -0.25) is 0 Å². The van der Waals surface area contributed by atoms with E-state index < -0.39 is 21.6 Å². The van der Waals surface area contributed by atoms with Crippen LogP contribution in [0, 0.1) is 5.92 Å². The number of hydrogen-bond donors (Lipinski definition) is 0. The van der Waals surface area contributed by atoms with Crippen LogP contribution < -0.4 is 0 Å². The summed E-state index contributed by atoms with van der Waals surface area (Å²) in [5.74, 6) is -0.755. The van der Waals surface area contributed by atoms with Crippen LogP contribution in [0.15, 0.2) is 59.5 Å². The number of benzene rings is 2. The van der Waals surface area contributed by atoms with Crippen LogP contribution in [0.25, 0.3) is 0 Å². The maximum absolute atomic E-state index is 13.2. The predicted molar refractivity (Wildman–Crippen MR) is 120 cm³/mol. The minimum atomic E-state index is -4.43. The van der Waals surface area contributed by atoms with Crippen LogP contribution in [0.3, 0.4) is 0 Å². The standard InChI is InChI=1S/C24H27F3N2O4S/c25-24(26,27)21-8-6-19(7-9-21)20-14-18(17-34(31,32)22-4-2-1-3-5-22)15-29(16-20)23(30)28-10-12-33-13-11-28/h1-9,18,20H,10-17H2. The summed E-state index contributed by atoms with van der Waals surface area (Å²) in [6, 6.07) is 12.9. The van der Waals surface area contributed by atoms with Gasteiger partial charge in [-0.1, -0.05) is 30.3 Å². The lowest BCUT2D eigenvalue weighted by molar-refractivity contribution is -0.137. The Hall–Kier alpha value is -2.59. The summed E-state index contributed by atoms with van der Waals surface area (Å²) >= 11 is 0. The minimum absolute atomic E-state index is 0.138. The highest BCUT2D eigenvalue weighted by atomic mass is 32.2. The first-order valence-electron chi connectivity index (χ1n) is 11.2. The van der Waals surface area contributed by atoms with Crippen molar-refractivity contribution in [3.8, 4) is 0 Å². The van der Waals surface area contributed by atoms with Crippen molar-refractivity contribution in [1.82, 2.24) is 9.80 Å². The summed E-state index contributed by atoms with van der Waals surface area (Å²) in [4.78, 5) is 16.7. The normalized spacial score (nSPS) is 22.0. The molecule has 0 bridgehead atoms. The Morgan fingerprint density at radius 2 is 1.59 bits per heavy atom. The van der Waals surface area contributed by atoms with Gasteiger partial charge in [-0.05, 0) is 42.2 Å². The van der Waals surface area contributed by atoms with Crippen LogP contribution in [-0.4, -0.2) is 69.4 Å². The molecule has 184 valence electrons. The van der Waals surface area contributed by atoms with E-state index in [0.29, 0.717) is 44.8 Å². The molecule has 10 heteroatoms. The van der Waals surface area contributed by atoms with Crippen LogP contribution in [-0.2, 0) is 20.8 Å². The molecule has 0 radical (unpaired) electrons. The summed E-state index contributed by atoms with van der Waals surface area (Å²) in [6.07, 6.45) is -3.97. The Bertz CT molecular complexity index is 1090. The highest BCUT2D eigenvalue weighted by Gasteiger charge is 2.36. The molecule has 2 fully saturated rings. The van der Waals surface area contributed by atoms with E-state index >= 15 is 0 Å². The fourth-order valence-corrected chi connectivity index (χ4v) is 6.28. The Morgan fingerprint density at radius 3 is 2.21 bits per heavy atom. The van der Waals surface area contributed by atoms with Crippen molar-refractivity contribution in [2.45, 2.75) is 23.4 Å². The van der Waals surface area contributed by atoms with Crippen molar-refractivity contribution in [3.05, 3.63) is 65.7 Å². The van der Waals surface area contributed by atoms with Crippen LogP contribution in [0.5, 0.6) is 0 Å². The molecule has 2 aliphatic rings. The number of alkyl halides is 3. The highest BCUT2D eigenvalue weighted by Crippen LogP contribution is 2.35. The van der Waals surface area contributed by atoms with Crippen molar-refractivity contribution in [1.29, 1.82) is 0 Å². The number of amides is 2. The first-order chi connectivity index (χ1) is 16.1. The summed E-state index contributed by atoms with van der Waals surface area (Å²) in [7, 11) is -3.59. The molecule has 6 nitrogen and oxygen atoms in total. The van der Waals surface area contributed by atoms with Gasteiger partial charge in [-0.15, -0.1) is 0 Å². The van der Waals surface area contributed by atoms with E-state index in [4.69, 9.17) is 4.74 Å². The molecule has 4 rings (SSSR count). The van der Waals surface area contributed by atoms with Gasteiger partial charge in [0.1, 0.15) is 0 Å². The van der Waals surface area contributed by atoms with Gasteiger partial charge in [0.05, 0.1) is 29.4 Å². The van der Waals surface area contributed by atoms with Crippen molar-refractivity contribution in [3.63, 3.8) is 0 Å². The van der Waals surface area contributed by atoms with Crippen molar-refractivity contribution >= 4 is 15.9 Å². The molecule has 34 heavy (non-hydrogen) atoms. The monoisotopic (exact) mass is 496 g/mol. The summed E-state index contributed by atoms with van der Waals surface area (Å²) in [5.41, 5.74) is -0.0777. The molecule has 0 aromatic heterocycles. The van der Waals surface area contributed by atoms with Crippen molar-refractivity contribution in [2.75, 3.05) is 45.1 Å². The fourth-order valence-electron chi connectivity index (χ4n) is 4.66. The molecule has 2 aromatic carbocycles. The van der Waals surface area contributed by atoms with E-state index in [-0.39, 0.29) is 35.1 Å². The molecule has 0 saturated carbocycles. The third-order valence-electron chi connectivity index (χ3n) is 6.36. The van der Waals surface area contributed by atoms with Crippen molar-refractivity contribution < 1.29 is 31.1 Å². The molecule has 0 N–H and O–H groups in total. The number of rotatable bonds is 4. The molecule has 0 spiro atoms. The first kappa shape index (κ1) is 24.5. The molecule has 2 atom stereocenters. The Morgan fingerprint density at radius 1 is 0.941 bits per heavy atom. The van der Waals surface area contributed by atoms with Crippen LogP contribution in [0.2, 0.25) is 0 Å². The quantitative estimate of drug-likeness (QED) is 0.641. The number of halogens is 3. The van der Waals surface area contributed by atoms with Gasteiger partial charge in [0.15, 0.2) is 9.84 Å². The third kappa shape index (κ3) is 5.72. The van der Waals surface area contributed by atoms with Gasteiger partial charge in [0.25, 0.3) is 0 Å². The zero-order chi connectivity index (χ0) is 24.3. The number of likely N-dealkylation sites (tertiary alicyclic amines) is 1. The molecular weight excluding hydrogens is 469 g/mol. The maximum Gasteiger partial charge on any atom is 0.416 e. The number of piperidine rings is 1. The Balaban J connectivity index is 1.57. The minimum Gasteiger partial charge on any atom is -0.378 e. The van der Waals surface area contributed by atoms with E-state index in [1.165, 1.54) is 12.1 Å². The smallest absolute Gasteiger partial charge is 0.378 e. The number of hydrogen-bond acceptors (Lipinski definition) is 4. The van der Waals surface area contributed by atoms with Crippen LogP contribution in [0.4, 0.5) is 18.0 Å². The first-order valence-corrected chi connectivity index (χ1v) is 12.9. The second-order valence-corrected chi connectivity index (χ2v) is 10.8. The lowest BCUT2D eigenvalue weighted by Gasteiger charge is -2.41. The lowest BCUT2D eigenvalue weighted by Crippen LogP contribution is -2.53. The van der Waals surface area contributed by atoms with E-state index in [1.54, 1.807) is 40.1 Å². The van der Waals surface area contributed by atoms with Gasteiger partial charge < -0.3 is 14.5 Å². The number of sulfone groups is 1. The predicted octanol–water partition coefficient (Wildman–Crippen LogP) is 4.04. The largest absolute Gasteiger partial charge is 0.416 e. The molecule has 2 aliphatic heterocycles. The van der Waals surface area contributed by atoms with E-state index in [0.717, 1.165) is 12.1 Å². The summed E-state index contributed by atoms with van der Waals surface area (Å²) in [5, 5.41) is 0. The molecule has 2 heterocycles. The number of morpholine rings is 1. The average Bonchev–Trinajstić information content (AvgIpc) is 2.84. The van der Waals surface area contributed by atoms with E-state index in [9.17, 15) is 26.4 Å². The van der Waals surface area contributed by atoms with Gasteiger partial charge in [-0.2, -0.15) is 13.2 Å². The van der Waals surface area contributed by atoms with Gasteiger partial charge in [-0.25, -0.2) is 13.2 Å². The molecule has 2 saturated heterocycles. The fraction of sp³-hybridized carbons (Fsp3) is 0.458. The Labute approximate surface area is 197 Å². The molecule has 2 amide bonds. The molecule has 0 aliphatic carbocycles. The van der Waals surface area contributed by atoms with Gasteiger partial charge in [0, 0.05) is 32.1 Å². The van der Waals surface area contributed by atoms with Crippen LogP contribution >= 0.6 is 0 Å². The average molecular weight is 497 g/mol. The lowest BCUT2D eigenvalue weighted by atomic mass is 9.85. The second-order valence-electron chi connectivity index (χ2n) is 8.80. The molecule has 2 unspecified atom stereocenters. The summed E-state index contributed by atoms with van der Waals surface area (Å²) < 4.78 is 70.4. The topological polar surface area (TPSA) is 66.9 Å². The SMILES string of the molecule is O=C(N1CCOCC1)N1CC(CS(=O)(=O)c2ccccc2)CC(c2ccc(C(F)(F)F)cc2)C1. The number of carbonyl (C=O) groups is 1. The number of urea groups is 1. The third-order valence-corrected chi connectivity index (χ3v) is 8.26. The zero-order valence-electron chi connectivity index (χ0n) is 18.6. The van der Waals surface area contributed by atoms with Crippen molar-refractivity contribution in [2.24, 2.45) is 5.92 Å². The van der Waals surface area contributed by atoms with E-state index in [2.05, 4.69) is 0 Å². The van der Waals surface area contributed by atoms with Gasteiger partial charge in [0.2, 0.25) is 0 Å². The zero-order valence-corrected chi connectivity index (χ0v) is 19.4. The summed E-state index contributed by atoms with van der Waals surface area (Å²) in [6.45, 7) is 2.38. The maximum atomic E-state index is 13.2. The Kier molecular flexibility index (Phi) is 7.18. The second kappa shape index (κ2) is 9.95. The number of nitrogens with zero attached hydrogens (tertiary/aromatic N) is 2. The molecular formula is C24H27F3N2O4S. The molecule has 2 aromatic rings. The number of carbonyl (C=O) groups excluding carboxylic acids is 1. The number of ether oxygens (including phenoxy) is 1. The van der Waals surface area contributed by atoms with Crippen LogP contribution in [0.1, 0.15) is 23.5 Å².